The summed E-state index contributed by atoms with van der Waals surface area (Å²) in [7, 11) is 0. The molecule has 0 aliphatic carbocycles. The number of terminal acetylenes is 1. The standard InChI is InChI=1S/C17H16N2/c1-3-11-19(12-4-2)17-10-9-14(13-18)15-7-5-6-8-16(15)17/h1,5-10H,4,11-12H2,2H3. The summed E-state index contributed by atoms with van der Waals surface area (Å²) in [5.74, 6) is 2.71. The average molecular weight is 248 g/mol. The zero-order valence-electron chi connectivity index (χ0n) is 11.1. The van der Waals surface area contributed by atoms with E-state index in [2.05, 4.69) is 23.8 Å². The van der Waals surface area contributed by atoms with E-state index in [0.717, 1.165) is 29.4 Å². The van der Waals surface area contributed by atoms with Crippen LogP contribution in [0.1, 0.15) is 18.9 Å². The van der Waals surface area contributed by atoms with E-state index in [1.807, 2.05) is 36.4 Å². The van der Waals surface area contributed by atoms with Crippen molar-refractivity contribution >= 4 is 16.5 Å². The topological polar surface area (TPSA) is 27.0 Å². The molecule has 0 atom stereocenters. The third kappa shape index (κ3) is 2.54. The van der Waals surface area contributed by atoms with Gasteiger partial charge in [-0.25, -0.2) is 0 Å². The zero-order chi connectivity index (χ0) is 13.7. The molecule has 19 heavy (non-hydrogen) atoms. The summed E-state index contributed by atoms with van der Waals surface area (Å²) in [5, 5.41) is 11.3. The van der Waals surface area contributed by atoms with E-state index >= 15 is 0 Å². The summed E-state index contributed by atoms with van der Waals surface area (Å²) in [5.41, 5.74) is 1.81. The molecule has 0 aliphatic heterocycles. The predicted octanol–water partition coefficient (Wildman–Crippen LogP) is 3.56. The van der Waals surface area contributed by atoms with Crippen LogP contribution in [-0.4, -0.2) is 13.1 Å². The first kappa shape index (κ1) is 13.0. The lowest BCUT2D eigenvalue weighted by Crippen LogP contribution is -2.24. The molecular formula is C17H16N2. The van der Waals surface area contributed by atoms with Crippen LogP contribution in [0.15, 0.2) is 36.4 Å². The lowest BCUT2D eigenvalue weighted by atomic mass is 10.0. The molecule has 0 amide bonds. The van der Waals surface area contributed by atoms with E-state index in [4.69, 9.17) is 6.42 Å². The maximum absolute atomic E-state index is 9.18. The maximum atomic E-state index is 9.18. The largest absolute Gasteiger partial charge is 0.360 e. The third-order valence-electron chi connectivity index (χ3n) is 3.14. The van der Waals surface area contributed by atoms with Crippen LogP contribution in [0.4, 0.5) is 5.69 Å². The Morgan fingerprint density at radius 3 is 2.53 bits per heavy atom. The molecule has 0 radical (unpaired) electrons. The normalized spacial score (nSPS) is 9.84. The molecule has 0 fully saturated rings. The van der Waals surface area contributed by atoms with Crippen molar-refractivity contribution in [2.75, 3.05) is 18.0 Å². The number of fused-ring (bicyclic) bond motifs is 1. The van der Waals surface area contributed by atoms with Crippen LogP contribution < -0.4 is 4.90 Å². The summed E-state index contributed by atoms with van der Waals surface area (Å²) >= 11 is 0. The molecule has 0 heterocycles. The second-order valence-electron chi connectivity index (χ2n) is 4.42. The molecule has 2 rings (SSSR count). The summed E-state index contributed by atoms with van der Waals surface area (Å²) in [6.07, 6.45) is 6.49. The van der Waals surface area contributed by atoms with Gasteiger partial charge in [0.25, 0.3) is 0 Å². The summed E-state index contributed by atoms with van der Waals surface area (Å²) < 4.78 is 0. The fourth-order valence-electron chi connectivity index (χ4n) is 2.32. The first-order valence-electron chi connectivity index (χ1n) is 6.42. The smallest absolute Gasteiger partial charge is 0.0998 e. The Hall–Kier alpha value is -2.45. The summed E-state index contributed by atoms with van der Waals surface area (Å²) in [6, 6.07) is 14.1. The molecule has 0 bridgehead atoms. The van der Waals surface area contributed by atoms with Crippen molar-refractivity contribution in [1.29, 1.82) is 5.26 Å². The predicted molar refractivity (Wildman–Crippen MR) is 80.0 cm³/mol. The van der Waals surface area contributed by atoms with Gasteiger partial charge in [0, 0.05) is 23.0 Å². The molecular weight excluding hydrogens is 232 g/mol. The molecule has 2 nitrogen and oxygen atoms in total. The highest BCUT2D eigenvalue weighted by Gasteiger charge is 2.10. The van der Waals surface area contributed by atoms with Crippen molar-refractivity contribution in [1.82, 2.24) is 0 Å². The number of hydrogen-bond donors (Lipinski definition) is 0. The fraction of sp³-hybridized carbons (Fsp3) is 0.235. The Balaban J connectivity index is 2.61. The highest BCUT2D eigenvalue weighted by molar-refractivity contribution is 5.97. The lowest BCUT2D eigenvalue weighted by molar-refractivity contribution is 0.826. The van der Waals surface area contributed by atoms with E-state index in [0.29, 0.717) is 12.1 Å². The van der Waals surface area contributed by atoms with Crippen molar-refractivity contribution in [2.45, 2.75) is 13.3 Å². The maximum Gasteiger partial charge on any atom is 0.0998 e. The average Bonchev–Trinajstić information content (AvgIpc) is 2.46. The SMILES string of the molecule is C#CCN(CCC)c1ccc(C#N)c2ccccc12. The molecule has 0 N–H and O–H groups in total. The second-order valence-corrected chi connectivity index (χ2v) is 4.42. The van der Waals surface area contributed by atoms with Gasteiger partial charge in [0.1, 0.15) is 0 Å². The van der Waals surface area contributed by atoms with Crippen LogP contribution in [0.2, 0.25) is 0 Å². The van der Waals surface area contributed by atoms with Gasteiger partial charge >= 0.3 is 0 Å². The van der Waals surface area contributed by atoms with E-state index in [-0.39, 0.29) is 0 Å². The number of anilines is 1. The van der Waals surface area contributed by atoms with E-state index in [1.54, 1.807) is 0 Å². The van der Waals surface area contributed by atoms with Crippen molar-refractivity contribution in [2.24, 2.45) is 0 Å². The zero-order valence-corrected chi connectivity index (χ0v) is 11.1. The molecule has 0 aromatic heterocycles. The van der Waals surface area contributed by atoms with E-state index < -0.39 is 0 Å². The van der Waals surface area contributed by atoms with Crippen molar-refractivity contribution in [3.8, 4) is 18.4 Å². The van der Waals surface area contributed by atoms with E-state index in [9.17, 15) is 5.26 Å². The quantitative estimate of drug-likeness (QED) is 0.773. The highest BCUT2D eigenvalue weighted by atomic mass is 15.1. The second kappa shape index (κ2) is 5.94. The summed E-state index contributed by atoms with van der Waals surface area (Å²) in [4.78, 5) is 2.18. The van der Waals surface area contributed by atoms with Gasteiger partial charge in [0.2, 0.25) is 0 Å². The molecule has 0 unspecified atom stereocenters. The van der Waals surface area contributed by atoms with Gasteiger partial charge in [0.05, 0.1) is 18.2 Å². The van der Waals surface area contributed by atoms with E-state index in [1.165, 1.54) is 0 Å². The van der Waals surface area contributed by atoms with Crippen LogP contribution in [0, 0.1) is 23.7 Å². The number of rotatable bonds is 4. The van der Waals surface area contributed by atoms with Crippen LogP contribution in [0.3, 0.4) is 0 Å². The number of nitrogens with zero attached hydrogens (tertiary/aromatic N) is 2. The molecule has 0 saturated heterocycles. The van der Waals surface area contributed by atoms with Gasteiger partial charge in [-0.3, -0.25) is 0 Å². The fourth-order valence-corrected chi connectivity index (χ4v) is 2.32. The molecule has 0 spiro atoms. The van der Waals surface area contributed by atoms with Gasteiger partial charge in [-0.15, -0.1) is 6.42 Å². The Labute approximate surface area is 114 Å². The van der Waals surface area contributed by atoms with Crippen LogP contribution in [0.5, 0.6) is 0 Å². The monoisotopic (exact) mass is 248 g/mol. The molecule has 94 valence electrons. The molecule has 2 heteroatoms. The first-order valence-corrected chi connectivity index (χ1v) is 6.42. The molecule has 2 aromatic rings. The van der Waals surface area contributed by atoms with Crippen LogP contribution >= 0.6 is 0 Å². The van der Waals surface area contributed by atoms with Gasteiger partial charge in [0.15, 0.2) is 0 Å². The van der Waals surface area contributed by atoms with Gasteiger partial charge < -0.3 is 4.90 Å². The van der Waals surface area contributed by atoms with Crippen molar-refractivity contribution in [3.05, 3.63) is 42.0 Å². The van der Waals surface area contributed by atoms with Crippen LogP contribution in [0.25, 0.3) is 10.8 Å². The number of nitriles is 1. The Morgan fingerprint density at radius 1 is 1.16 bits per heavy atom. The van der Waals surface area contributed by atoms with Crippen molar-refractivity contribution in [3.63, 3.8) is 0 Å². The lowest BCUT2D eigenvalue weighted by Gasteiger charge is -2.23. The summed E-state index contributed by atoms with van der Waals surface area (Å²) in [6.45, 7) is 3.64. The Morgan fingerprint density at radius 2 is 1.89 bits per heavy atom. The third-order valence-corrected chi connectivity index (χ3v) is 3.14. The van der Waals surface area contributed by atoms with Gasteiger partial charge in [-0.1, -0.05) is 37.1 Å². The van der Waals surface area contributed by atoms with Gasteiger partial charge in [-0.2, -0.15) is 5.26 Å². The van der Waals surface area contributed by atoms with Crippen molar-refractivity contribution < 1.29 is 0 Å². The van der Waals surface area contributed by atoms with Gasteiger partial charge in [-0.05, 0) is 18.6 Å². The first-order chi connectivity index (χ1) is 9.31. The number of hydrogen-bond acceptors (Lipinski definition) is 2. The minimum absolute atomic E-state index is 0.587. The molecule has 2 aromatic carbocycles. The molecule has 0 aliphatic rings. The highest BCUT2D eigenvalue weighted by Crippen LogP contribution is 2.29. The Kier molecular flexibility index (Phi) is 4.06. The minimum Gasteiger partial charge on any atom is -0.360 e. The Bertz CT molecular complexity index is 659. The minimum atomic E-state index is 0.587. The molecule has 0 saturated carbocycles. The van der Waals surface area contributed by atoms with Crippen LogP contribution in [-0.2, 0) is 0 Å². The number of benzene rings is 2.